The van der Waals surface area contributed by atoms with Gasteiger partial charge in [0.1, 0.15) is 11.5 Å². The van der Waals surface area contributed by atoms with Gasteiger partial charge >= 0.3 is 12.3 Å². The Hall–Kier alpha value is -5.36. The Morgan fingerprint density at radius 2 is 1.64 bits per heavy atom. The zero-order chi connectivity index (χ0) is 30.0. The number of carbonyl (C=O) groups is 2. The Kier molecular flexibility index (Phi) is 7.55. The quantitative estimate of drug-likeness (QED) is 0.0950. The molecule has 5 rings (SSSR count). The van der Waals surface area contributed by atoms with Crippen molar-refractivity contribution in [3.63, 3.8) is 0 Å². The van der Waals surface area contributed by atoms with Crippen LogP contribution in [0.2, 0.25) is 0 Å². The van der Waals surface area contributed by atoms with Gasteiger partial charge in [0.05, 0.1) is 11.4 Å². The molecular formula is C30H22F3N3O6. The molecule has 1 unspecified atom stereocenters. The minimum Gasteiger partial charge on any atom is -0.505 e. The molecule has 0 bridgehead atoms. The van der Waals surface area contributed by atoms with Crippen LogP contribution in [0.3, 0.4) is 0 Å². The highest BCUT2D eigenvalue weighted by Gasteiger charge is 2.41. The average molecular weight is 578 g/mol. The van der Waals surface area contributed by atoms with E-state index in [9.17, 15) is 27.9 Å². The zero-order valence-corrected chi connectivity index (χ0v) is 21.8. The Bertz CT molecular complexity index is 1690. The molecule has 1 atom stereocenters. The van der Waals surface area contributed by atoms with Gasteiger partial charge in [-0.2, -0.15) is 18.3 Å². The minimum absolute atomic E-state index is 0.0152. The number of fused-ring (bicyclic) bond motifs is 1. The molecule has 0 aliphatic carbocycles. The van der Waals surface area contributed by atoms with Gasteiger partial charge in [0.15, 0.2) is 11.8 Å². The second-order valence-corrected chi connectivity index (χ2v) is 9.08. The van der Waals surface area contributed by atoms with E-state index in [0.717, 1.165) is 7.11 Å². The maximum Gasteiger partial charge on any atom is 0.511 e. The maximum absolute atomic E-state index is 13.5. The number of benzene rings is 4. The fourth-order valence-electron chi connectivity index (χ4n) is 4.63. The number of hydrogen-bond donors (Lipinski definition) is 3. The lowest BCUT2D eigenvalue weighted by molar-refractivity contribution is -0.215. The zero-order valence-electron chi connectivity index (χ0n) is 21.8. The molecule has 0 radical (unpaired) electrons. The monoisotopic (exact) mass is 577 g/mol. The standard InChI is InChI=1S/C30H22F3N3O6/c1-41-27(30(31,32)33)17-12-14-19(15-13-17)36-24-11-3-2-8-22(24)25(28(36)38)35-34-23-10-5-9-21(26(23)37)18-6-4-7-20(16-18)42-29(39)40/h2-16,27,34,37H,1H3,(H,39,40). The number of ether oxygens (including phenoxy) is 2. The SMILES string of the molecule is COC(c1ccc(N2C(=O)C(=NNc3cccc(-c4cccc(OC(=O)O)c4)c3O)c3ccccc32)cc1)C(F)(F)F. The van der Waals surface area contributed by atoms with Gasteiger partial charge < -0.3 is 19.7 Å². The number of rotatable bonds is 7. The highest BCUT2D eigenvalue weighted by atomic mass is 19.4. The molecule has 0 spiro atoms. The summed E-state index contributed by atoms with van der Waals surface area (Å²) in [5, 5.41) is 24.1. The van der Waals surface area contributed by atoms with Gasteiger partial charge in [-0.3, -0.25) is 15.1 Å². The van der Waals surface area contributed by atoms with Gasteiger partial charge in [0, 0.05) is 23.9 Å². The largest absolute Gasteiger partial charge is 0.511 e. The molecule has 0 fully saturated rings. The molecule has 214 valence electrons. The van der Waals surface area contributed by atoms with E-state index >= 15 is 0 Å². The van der Waals surface area contributed by atoms with Gasteiger partial charge in [-0.15, -0.1) is 0 Å². The smallest absolute Gasteiger partial charge is 0.505 e. The van der Waals surface area contributed by atoms with Crippen molar-refractivity contribution in [1.29, 1.82) is 0 Å². The normalized spacial score (nSPS) is 14.5. The minimum atomic E-state index is -4.60. The molecule has 9 nitrogen and oxygen atoms in total. The van der Waals surface area contributed by atoms with E-state index in [2.05, 4.69) is 15.3 Å². The lowest BCUT2D eigenvalue weighted by Crippen LogP contribution is -2.26. The third-order valence-corrected chi connectivity index (χ3v) is 6.47. The van der Waals surface area contributed by atoms with Gasteiger partial charge in [0.25, 0.3) is 5.91 Å². The molecule has 0 saturated carbocycles. The number of phenols is 1. The summed E-state index contributed by atoms with van der Waals surface area (Å²) < 4.78 is 49.2. The number of nitrogens with one attached hydrogen (secondary N) is 1. The van der Waals surface area contributed by atoms with Crippen LogP contribution in [-0.2, 0) is 9.53 Å². The van der Waals surface area contributed by atoms with Gasteiger partial charge in [-0.25, -0.2) is 4.79 Å². The number of hydrogen-bond acceptors (Lipinski definition) is 7. The summed E-state index contributed by atoms with van der Waals surface area (Å²) >= 11 is 0. The van der Waals surface area contributed by atoms with E-state index in [0.29, 0.717) is 28.1 Å². The van der Waals surface area contributed by atoms with Crippen molar-refractivity contribution < 1.29 is 42.4 Å². The first-order valence-corrected chi connectivity index (χ1v) is 12.4. The summed E-state index contributed by atoms with van der Waals surface area (Å²) in [5.74, 6) is -0.682. The fraction of sp³-hybridized carbons (Fsp3) is 0.100. The molecule has 4 aromatic carbocycles. The lowest BCUT2D eigenvalue weighted by Gasteiger charge is -2.21. The van der Waals surface area contributed by atoms with Gasteiger partial charge in [0.2, 0.25) is 0 Å². The van der Waals surface area contributed by atoms with Crippen molar-refractivity contribution in [3.8, 4) is 22.6 Å². The summed E-state index contributed by atoms with van der Waals surface area (Å²) in [4.78, 5) is 25.8. The number of para-hydroxylation sites is 2. The van der Waals surface area contributed by atoms with Crippen LogP contribution < -0.4 is 15.1 Å². The van der Waals surface area contributed by atoms with Crippen LogP contribution in [0.1, 0.15) is 17.2 Å². The molecule has 3 N–H and O–H groups in total. The van der Waals surface area contributed by atoms with Crippen molar-refractivity contribution in [2.24, 2.45) is 5.10 Å². The van der Waals surface area contributed by atoms with Crippen LogP contribution in [0, 0.1) is 0 Å². The summed E-state index contributed by atoms with van der Waals surface area (Å²) in [6, 6.07) is 23.0. The third-order valence-electron chi connectivity index (χ3n) is 6.47. The first-order chi connectivity index (χ1) is 20.1. The molecule has 0 aromatic heterocycles. The van der Waals surface area contributed by atoms with Crippen molar-refractivity contribution >= 4 is 34.8 Å². The number of alkyl halides is 3. The molecule has 0 saturated heterocycles. The number of carboxylic acid groups (broad SMARTS) is 1. The van der Waals surface area contributed by atoms with E-state index in [-0.39, 0.29) is 28.5 Å². The van der Waals surface area contributed by atoms with Crippen molar-refractivity contribution in [2.75, 3.05) is 17.4 Å². The van der Waals surface area contributed by atoms with E-state index in [1.54, 1.807) is 48.5 Å². The van der Waals surface area contributed by atoms with Crippen LogP contribution in [0.15, 0.2) is 96.1 Å². The number of phenolic OH excluding ortho intramolecular Hbond substituents is 1. The molecule has 4 aromatic rings. The van der Waals surface area contributed by atoms with E-state index < -0.39 is 24.3 Å². The predicted octanol–water partition coefficient (Wildman–Crippen LogP) is 6.86. The maximum atomic E-state index is 13.5. The third kappa shape index (κ3) is 5.47. The Morgan fingerprint density at radius 3 is 2.33 bits per heavy atom. The van der Waals surface area contributed by atoms with Crippen molar-refractivity contribution in [2.45, 2.75) is 12.3 Å². The molecule has 1 heterocycles. The first kappa shape index (κ1) is 28.2. The molecule has 1 aliphatic rings. The number of methoxy groups -OCH3 is 1. The van der Waals surface area contributed by atoms with Gasteiger partial charge in [-0.1, -0.05) is 54.6 Å². The topological polar surface area (TPSA) is 121 Å². The highest BCUT2D eigenvalue weighted by molar-refractivity contribution is 6.55. The summed E-state index contributed by atoms with van der Waals surface area (Å²) in [6.45, 7) is 0. The van der Waals surface area contributed by atoms with E-state index in [1.165, 1.54) is 47.4 Å². The summed E-state index contributed by atoms with van der Waals surface area (Å²) in [7, 11) is 0.973. The second kappa shape index (κ2) is 11.3. The molecule has 12 heteroatoms. The number of amides is 1. The summed E-state index contributed by atoms with van der Waals surface area (Å²) in [5.41, 5.74) is 4.89. The van der Waals surface area contributed by atoms with E-state index in [4.69, 9.17) is 9.84 Å². The average Bonchev–Trinajstić information content (AvgIpc) is 3.23. The Balaban J connectivity index is 1.44. The molecule has 42 heavy (non-hydrogen) atoms. The van der Waals surface area contributed by atoms with Crippen LogP contribution in [0.4, 0.5) is 35.0 Å². The Labute approximate surface area is 237 Å². The molecular weight excluding hydrogens is 555 g/mol. The highest BCUT2D eigenvalue weighted by Crippen LogP contribution is 2.40. The Morgan fingerprint density at radius 1 is 0.952 bits per heavy atom. The number of nitrogens with zero attached hydrogens (tertiary/aromatic N) is 2. The van der Waals surface area contributed by atoms with E-state index in [1.807, 2.05) is 0 Å². The summed E-state index contributed by atoms with van der Waals surface area (Å²) in [6.07, 6.45) is -8.19. The van der Waals surface area contributed by atoms with Crippen LogP contribution in [-0.4, -0.2) is 41.3 Å². The van der Waals surface area contributed by atoms with Crippen molar-refractivity contribution in [3.05, 3.63) is 102 Å². The second-order valence-electron chi connectivity index (χ2n) is 9.08. The number of aromatic hydroxyl groups is 1. The van der Waals surface area contributed by atoms with Crippen molar-refractivity contribution in [1.82, 2.24) is 0 Å². The number of anilines is 3. The fourth-order valence-corrected chi connectivity index (χ4v) is 4.63. The molecule has 1 aliphatic heterocycles. The van der Waals surface area contributed by atoms with Crippen LogP contribution >= 0.6 is 0 Å². The first-order valence-electron chi connectivity index (χ1n) is 12.4. The van der Waals surface area contributed by atoms with Crippen LogP contribution in [0.5, 0.6) is 11.5 Å². The number of halogens is 3. The van der Waals surface area contributed by atoms with Crippen LogP contribution in [0.25, 0.3) is 11.1 Å². The lowest BCUT2D eigenvalue weighted by atomic mass is 10.0. The molecule has 1 amide bonds. The predicted molar refractivity (Wildman–Crippen MR) is 148 cm³/mol. The number of carbonyl (C=O) groups excluding carboxylic acids is 1. The van der Waals surface area contributed by atoms with Gasteiger partial charge in [-0.05, 0) is 47.5 Å². The number of hydrazone groups is 1.